The molecule has 0 spiro atoms. The average Bonchev–Trinajstić information content (AvgIpc) is 3.51. The fraction of sp³-hybridized carbons (Fsp3) is 0.0962. The van der Waals surface area contributed by atoms with E-state index in [-0.39, 0.29) is 5.41 Å². The normalized spacial score (nSPS) is 15.0. The van der Waals surface area contributed by atoms with Gasteiger partial charge in [0.25, 0.3) is 0 Å². The van der Waals surface area contributed by atoms with Gasteiger partial charge in [-0.15, -0.1) is 11.3 Å². The molecular weight excluding hydrogens is 773 g/mol. The number of aromatic nitrogens is 3. The minimum atomic E-state index is -0.191. The summed E-state index contributed by atoms with van der Waals surface area (Å²) in [4.78, 5) is 28.2. The van der Waals surface area contributed by atoms with Crippen LogP contribution in [0.25, 0.3) is 54.3 Å². The first-order chi connectivity index (χ1) is 29.4. The van der Waals surface area contributed by atoms with Crippen LogP contribution in [0.3, 0.4) is 0 Å². The lowest BCUT2D eigenvalue weighted by Gasteiger charge is -2.35. The van der Waals surface area contributed by atoms with Crippen molar-refractivity contribution in [3.05, 3.63) is 203 Å². The van der Waals surface area contributed by atoms with Crippen molar-refractivity contribution < 1.29 is 0 Å². The molecule has 1 aliphatic carbocycles. The van der Waals surface area contributed by atoms with Gasteiger partial charge in [0.1, 0.15) is 5.84 Å². The SMILES string of the molecule is CC1(C)C2=C(CC=CC=C2)Sc2ccc(-c3nc(-c4ccccc4)nc(-c4cccc(/C(N)=N/C(=N\Cc5ccccc5)c5cccc6sc7ccccc7c56)c4)n3)cc21. The Labute approximate surface area is 357 Å². The molecule has 290 valence electrons. The van der Waals surface area contributed by atoms with Gasteiger partial charge < -0.3 is 5.73 Å². The molecular formula is C52H40N6S2. The van der Waals surface area contributed by atoms with Crippen LogP contribution in [0.5, 0.6) is 0 Å². The summed E-state index contributed by atoms with van der Waals surface area (Å²) < 4.78 is 2.40. The van der Waals surface area contributed by atoms with Crippen molar-refractivity contribution in [2.75, 3.05) is 0 Å². The Morgan fingerprint density at radius 2 is 1.37 bits per heavy atom. The maximum Gasteiger partial charge on any atom is 0.164 e. The minimum absolute atomic E-state index is 0.191. The van der Waals surface area contributed by atoms with E-state index in [0.29, 0.717) is 35.7 Å². The Morgan fingerprint density at radius 3 is 2.18 bits per heavy atom. The molecule has 0 unspecified atom stereocenters. The number of hydrogen-bond acceptors (Lipinski definition) is 6. The molecule has 0 saturated heterocycles. The van der Waals surface area contributed by atoms with E-state index < -0.39 is 0 Å². The molecule has 2 aliphatic rings. The highest BCUT2D eigenvalue weighted by atomic mass is 32.2. The fourth-order valence-electron chi connectivity index (χ4n) is 8.02. The molecule has 3 heterocycles. The fourth-order valence-corrected chi connectivity index (χ4v) is 10.6. The Balaban J connectivity index is 1.06. The predicted molar refractivity (Wildman–Crippen MR) is 252 cm³/mol. The molecule has 10 rings (SSSR count). The Kier molecular flexibility index (Phi) is 9.87. The second-order valence-electron chi connectivity index (χ2n) is 15.4. The maximum atomic E-state index is 6.97. The summed E-state index contributed by atoms with van der Waals surface area (Å²) in [6, 6.07) is 49.7. The third-order valence-electron chi connectivity index (χ3n) is 11.1. The highest BCUT2D eigenvalue weighted by molar-refractivity contribution is 8.03. The van der Waals surface area contributed by atoms with Crippen molar-refractivity contribution >= 4 is 54.9 Å². The van der Waals surface area contributed by atoms with E-state index in [4.69, 9.17) is 30.7 Å². The molecule has 1 aliphatic heterocycles. The van der Waals surface area contributed by atoms with Crippen LogP contribution in [0.15, 0.2) is 195 Å². The number of aliphatic imine (C=N–C) groups is 2. The largest absolute Gasteiger partial charge is 0.383 e. The van der Waals surface area contributed by atoms with Crippen molar-refractivity contribution in [1.29, 1.82) is 0 Å². The summed E-state index contributed by atoms with van der Waals surface area (Å²) in [6.07, 6.45) is 9.73. The highest BCUT2D eigenvalue weighted by Gasteiger charge is 2.34. The second kappa shape index (κ2) is 15.8. The molecule has 0 saturated carbocycles. The Bertz CT molecular complexity index is 3100. The molecule has 0 amide bonds. The zero-order chi connectivity index (χ0) is 40.6. The van der Waals surface area contributed by atoms with Gasteiger partial charge in [-0.3, -0.25) is 4.99 Å². The Morgan fingerprint density at radius 1 is 0.683 bits per heavy atom. The van der Waals surface area contributed by atoms with Gasteiger partial charge in [-0.2, -0.15) is 0 Å². The zero-order valence-corrected chi connectivity index (χ0v) is 34.8. The van der Waals surface area contributed by atoms with Crippen molar-refractivity contribution in [1.82, 2.24) is 15.0 Å². The number of benzene rings is 6. The maximum absolute atomic E-state index is 6.97. The third-order valence-corrected chi connectivity index (χ3v) is 13.5. The lowest BCUT2D eigenvalue weighted by atomic mass is 9.76. The summed E-state index contributed by atoms with van der Waals surface area (Å²) in [6.45, 7) is 5.09. The first-order valence-corrected chi connectivity index (χ1v) is 21.7. The van der Waals surface area contributed by atoms with E-state index in [9.17, 15) is 0 Å². The van der Waals surface area contributed by atoms with Gasteiger partial charge in [-0.25, -0.2) is 19.9 Å². The van der Waals surface area contributed by atoms with Gasteiger partial charge in [0.2, 0.25) is 0 Å². The quantitative estimate of drug-likeness (QED) is 0.128. The molecule has 0 atom stereocenters. The van der Waals surface area contributed by atoms with Gasteiger partial charge in [0, 0.05) is 58.3 Å². The van der Waals surface area contributed by atoms with Gasteiger partial charge in [-0.05, 0) is 58.4 Å². The van der Waals surface area contributed by atoms with Crippen molar-refractivity contribution in [3.63, 3.8) is 0 Å². The smallest absolute Gasteiger partial charge is 0.164 e. The van der Waals surface area contributed by atoms with E-state index >= 15 is 0 Å². The number of nitrogens with two attached hydrogens (primary N) is 1. The number of thioether (sulfide) groups is 1. The van der Waals surface area contributed by atoms with E-state index in [1.165, 1.54) is 35.7 Å². The lowest BCUT2D eigenvalue weighted by Crippen LogP contribution is -2.24. The van der Waals surface area contributed by atoms with Gasteiger partial charge in [0.05, 0.1) is 6.54 Å². The van der Waals surface area contributed by atoms with Crippen LogP contribution >= 0.6 is 23.1 Å². The van der Waals surface area contributed by atoms with Gasteiger partial charge >= 0.3 is 0 Å². The van der Waals surface area contributed by atoms with Crippen molar-refractivity contribution in [2.24, 2.45) is 15.7 Å². The first-order valence-electron chi connectivity index (χ1n) is 20.0. The first kappa shape index (κ1) is 37.5. The topological polar surface area (TPSA) is 89.4 Å². The van der Waals surface area contributed by atoms with Crippen molar-refractivity contribution in [2.45, 2.75) is 37.1 Å². The number of hydrogen-bond donors (Lipinski definition) is 1. The zero-order valence-electron chi connectivity index (χ0n) is 33.2. The molecule has 6 aromatic carbocycles. The van der Waals surface area contributed by atoms with Crippen LogP contribution in [-0.4, -0.2) is 26.6 Å². The summed E-state index contributed by atoms with van der Waals surface area (Å²) >= 11 is 3.63. The van der Waals surface area contributed by atoms with Gasteiger partial charge in [0.15, 0.2) is 23.3 Å². The average molecular weight is 813 g/mol. The number of allylic oxidation sites excluding steroid dienone is 6. The monoisotopic (exact) mass is 812 g/mol. The summed E-state index contributed by atoms with van der Waals surface area (Å²) in [5.74, 6) is 2.69. The predicted octanol–water partition coefficient (Wildman–Crippen LogP) is 12.7. The molecule has 2 N–H and O–H groups in total. The minimum Gasteiger partial charge on any atom is -0.383 e. The number of fused-ring (bicyclic) bond motifs is 4. The summed E-state index contributed by atoms with van der Waals surface area (Å²) in [7, 11) is 0. The number of amidine groups is 2. The van der Waals surface area contributed by atoms with Crippen LogP contribution in [0.2, 0.25) is 0 Å². The number of thiophene rings is 1. The molecule has 0 fully saturated rings. The molecule has 6 nitrogen and oxygen atoms in total. The van der Waals surface area contributed by atoms with Crippen LogP contribution in [0, 0.1) is 0 Å². The Hall–Kier alpha value is -6.74. The molecule has 0 radical (unpaired) electrons. The second-order valence-corrected chi connectivity index (χ2v) is 17.6. The van der Waals surface area contributed by atoms with Crippen LogP contribution < -0.4 is 5.73 Å². The third kappa shape index (κ3) is 7.18. The summed E-state index contributed by atoms with van der Waals surface area (Å²) in [5.41, 5.74) is 14.8. The highest BCUT2D eigenvalue weighted by Crippen LogP contribution is 2.51. The van der Waals surface area contributed by atoms with E-state index in [1.807, 2.05) is 84.6 Å². The van der Waals surface area contributed by atoms with Crippen LogP contribution in [0.4, 0.5) is 0 Å². The van der Waals surface area contributed by atoms with E-state index in [1.54, 1.807) is 11.3 Å². The molecule has 0 bridgehead atoms. The number of rotatable bonds is 7. The van der Waals surface area contributed by atoms with E-state index in [2.05, 4.69) is 111 Å². The molecule has 8 heteroatoms. The summed E-state index contributed by atoms with van der Waals surface area (Å²) in [5, 5.41) is 2.31. The van der Waals surface area contributed by atoms with E-state index in [0.717, 1.165) is 45.2 Å². The van der Waals surface area contributed by atoms with Crippen LogP contribution in [-0.2, 0) is 12.0 Å². The van der Waals surface area contributed by atoms with Gasteiger partial charge in [-0.1, -0.05) is 165 Å². The molecule has 2 aromatic heterocycles. The standard InChI is InChI=1S/C52H40N6S2/c1-52(2)40-24-10-5-11-26-43(40)60-44-29-28-37(31-41(44)52)50-57-48(34-18-8-4-9-19-34)56-49(58-50)36-21-14-20-35(30-36)47(53)55-51(54-32-33-16-6-3-7-17-33)39-23-15-27-45-46(39)38-22-12-13-25-42(38)59-45/h3-25,27-31H,26,32H2,1-2H3,(H2,53,54,55). The lowest BCUT2D eigenvalue weighted by molar-refractivity contribution is 0.618. The van der Waals surface area contributed by atoms with Crippen molar-refractivity contribution in [3.8, 4) is 34.2 Å². The molecule has 8 aromatic rings. The number of nitrogens with zero attached hydrogens (tertiary/aromatic N) is 5. The molecule has 60 heavy (non-hydrogen) atoms. The van der Waals surface area contributed by atoms with Crippen LogP contribution in [0.1, 0.15) is 42.5 Å².